The van der Waals surface area contributed by atoms with Gasteiger partial charge in [-0.3, -0.25) is 14.4 Å². The third-order valence-corrected chi connectivity index (χ3v) is 8.41. The zero-order valence-electron chi connectivity index (χ0n) is 22.4. The summed E-state index contributed by atoms with van der Waals surface area (Å²) in [4.78, 5) is 42.5. The zero-order valence-corrected chi connectivity index (χ0v) is 22.4. The molecule has 0 aromatic rings. The molecule has 3 aliphatic rings. The van der Waals surface area contributed by atoms with E-state index in [1.807, 2.05) is 41.5 Å². The first-order valence-electron chi connectivity index (χ1n) is 12.2. The Bertz CT molecular complexity index is 878. The quantitative estimate of drug-likeness (QED) is 0.321. The van der Waals surface area contributed by atoms with Crippen LogP contribution in [0.1, 0.15) is 95.9 Å². The molecule has 180 valence electrons. The van der Waals surface area contributed by atoms with Crippen molar-refractivity contribution < 1.29 is 19.1 Å². The lowest BCUT2D eigenvalue weighted by Gasteiger charge is -2.42. The Morgan fingerprint density at radius 2 is 1.12 bits per heavy atom. The number of hydrogen-bond acceptors (Lipinski definition) is 4. The van der Waals surface area contributed by atoms with Crippen LogP contribution in [0.4, 0.5) is 0 Å². The van der Waals surface area contributed by atoms with Gasteiger partial charge in [-0.25, -0.2) is 0 Å². The van der Waals surface area contributed by atoms with E-state index < -0.39 is 11.4 Å². The predicted molar refractivity (Wildman–Crippen MR) is 127 cm³/mol. The summed E-state index contributed by atoms with van der Waals surface area (Å²) in [6.07, 6.45) is 1.31. The molecule has 2 aliphatic carbocycles. The number of ether oxygens (including phenoxy) is 1. The molecule has 0 bridgehead atoms. The van der Waals surface area contributed by atoms with Gasteiger partial charge in [-0.1, -0.05) is 83.1 Å². The van der Waals surface area contributed by atoms with Crippen molar-refractivity contribution in [2.45, 2.75) is 95.9 Å². The number of hydrogen-bond donors (Lipinski definition) is 0. The highest BCUT2D eigenvalue weighted by molar-refractivity contribution is 6.30. The van der Waals surface area contributed by atoms with Gasteiger partial charge in [0.2, 0.25) is 0 Å². The maximum atomic E-state index is 14.5. The van der Waals surface area contributed by atoms with E-state index in [-0.39, 0.29) is 56.9 Å². The second kappa shape index (κ2) is 7.03. The van der Waals surface area contributed by atoms with E-state index in [2.05, 4.69) is 41.5 Å². The molecule has 1 spiro atoms. The topological polar surface area (TPSA) is 60.4 Å². The first-order chi connectivity index (χ1) is 14.2. The lowest BCUT2D eigenvalue weighted by atomic mass is 9.60. The minimum absolute atomic E-state index is 0.0185. The fourth-order valence-corrected chi connectivity index (χ4v) is 6.46. The van der Waals surface area contributed by atoms with Crippen molar-refractivity contribution in [2.75, 3.05) is 0 Å². The molecule has 0 unspecified atom stereocenters. The summed E-state index contributed by atoms with van der Waals surface area (Å²) in [5.74, 6) is -1.35. The Balaban J connectivity index is 2.29. The van der Waals surface area contributed by atoms with Crippen molar-refractivity contribution >= 4 is 17.5 Å². The molecule has 1 fully saturated rings. The summed E-state index contributed by atoms with van der Waals surface area (Å²) < 4.78 is 6.14. The van der Waals surface area contributed by atoms with E-state index in [0.717, 1.165) is 6.42 Å². The number of ketones is 2. The van der Waals surface area contributed by atoms with Crippen LogP contribution in [0.25, 0.3) is 0 Å². The molecule has 4 nitrogen and oxygen atoms in total. The van der Waals surface area contributed by atoms with E-state index in [4.69, 9.17) is 4.74 Å². The van der Waals surface area contributed by atoms with Crippen molar-refractivity contribution in [1.82, 2.24) is 0 Å². The fraction of sp³-hybridized carbons (Fsp3) is 0.821. The minimum Gasteiger partial charge on any atom is -0.429 e. The molecule has 32 heavy (non-hydrogen) atoms. The van der Waals surface area contributed by atoms with Crippen LogP contribution in [-0.2, 0) is 19.1 Å². The van der Waals surface area contributed by atoms with Gasteiger partial charge in [0.25, 0.3) is 0 Å². The van der Waals surface area contributed by atoms with Crippen LogP contribution in [0.2, 0.25) is 0 Å². The van der Waals surface area contributed by atoms with Gasteiger partial charge in [-0.15, -0.1) is 0 Å². The number of Topliss-reactive ketones (excluding diaryl/α,β-unsaturated/α-hetero) is 2. The maximum absolute atomic E-state index is 14.5. The second-order valence-corrected chi connectivity index (χ2v) is 14.8. The SMILES string of the molecule is CC(C)(C)[C@@H]1C[C@H](C(C)(C)C)[C@@]2(C(=O)OC3=C(C2=O)[C@H](C(C)(C)C)C[C@@H]3C(C)(C)C)C1=O. The standard InChI is InChI=1S/C28H44O4/c1-24(2,3)15-13-16(25(4,5)6)20-19(15)22(30)28(23(31)32-20)18(27(10,11)12)14-17(21(28)29)26(7,8)9/h15-18H,13-14H2,1-12H3/t15-,16+,17-,18-,28-/m1/s1. The normalized spacial score (nSPS) is 34.4. The highest BCUT2D eigenvalue weighted by Crippen LogP contribution is 2.63. The molecule has 4 heteroatoms. The Morgan fingerprint density at radius 1 is 0.656 bits per heavy atom. The van der Waals surface area contributed by atoms with Gasteiger partial charge in [0.1, 0.15) is 5.76 Å². The monoisotopic (exact) mass is 444 g/mol. The molecule has 0 saturated heterocycles. The van der Waals surface area contributed by atoms with Crippen molar-refractivity contribution in [1.29, 1.82) is 0 Å². The Labute approximate surface area is 194 Å². The highest BCUT2D eigenvalue weighted by atomic mass is 16.5. The zero-order chi connectivity index (χ0) is 24.8. The van der Waals surface area contributed by atoms with Gasteiger partial charge in [0.05, 0.1) is 0 Å². The third kappa shape index (κ3) is 3.51. The molecule has 0 radical (unpaired) electrons. The lowest BCUT2D eigenvalue weighted by molar-refractivity contribution is -0.168. The van der Waals surface area contributed by atoms with E-state index in [1.165, 1.54) is 0 Å². The van der Waals surface area contributed by atoms with Crippen LogP contribution in [0.15, 0.2) is 11.3 Å². The van der Waals surface area contributed by atoms with E-state index in [9.17, 15) is 14.4 Å². The Hall–Kier alpha value is -1.45. The number of carbonyl (C=O) groups is 3. The largest absolute Gasteiger partial charge is 0.429 e. The summed E-state index contributed by atoms with van der Waals surface area (Å²) in [5, 5.41) is 0. The molecular formula is C28H44O4. The van der Waals surface area contributed by atoms with Crippen LogP contribution in [-0.4, -0.2) is 17.5 Å². The summed E-state index contributed by atoms with van der Waals surface area (Å²) in [7, 11) is 0. The summed E-state index contributed by atoms with van der Waals surface area (Å²) in [5.41, 5.74) is -2.14. The van der Waals surface area contributed by atoms with Crippen LogP contribution < -0.4 is 0 Å². The van der Waals surface area contributed by atoms with Gasteiger partial charge in [-0.05, 0) is 46.3 Å². The molecule has 0 aromatic carbocycles. The second-order valence-electron chi connectivity index (χ2n) is 14.8. The number of esters is 1. The molecule has 5 atom stereocenters. The first kappa shape index (κ1) is 25.2. The van der Waals surface area contributed by atoms with Crippen molar-refractivity contribution in [3.63, 3.8) is 0 Å². The number of carbonyl (C=O) groups excluding carboxylic acids is 3. The highest BCUT2D eigenvalue weighted by Gasteiger charge is 2.72. The molecular weight excluding hydrogens is 400 g/mol. The van der Waals surface area contributed by atoms with Gasteiger partial charge in [0, 0.05) is 17.4 Å². The van der Waals surface area contributed by atoms with Crippen LogP contribution in [0, 0.1) is 50.7 Å². The first-order valence-corrected chi connectivity index (χ1v) is 12.2. The molecule has 1 aliphatic heterocycles. The molecule has 0 N–H and O–H groups in total. The van der Waals surface area contributed by atoms with Crippen molar-refractivity contribution in [3.05, 3.63) is 11.3 Å². The predicted octanol–water partition coefficient (Wildman–Crippen LogP) is 6.38. The summed E-state index contributed by atoms with van der Waals surface area (Å²) in [6, 6.07) is 0. The van der Waals surface area contributed by atoms with Gasteiger partial charge >= 0.3 is 5.97 Å². The van der Waals surface area contributed by atoms with Crippen LogP contribution >= 0.6 is 0 Å². The average molecular weight is 445 g/mol. The third-order valence-electron chi connectivity index (χ3n) is 8.41. The van der Waals surface area contributed by atoms with Crippen LogP contribution in [0.5, 0.6) is 0 Å². The molecule has 0 aromatic heterocycles. The smallest absolute Gasteiger partial charge is 0.333 e. The average Bonchev–Trinajstić information content (AvgIpc) is 3.08. The molecule has 1 heterocycles. The van der Waals surface area contributed by atoms with Gasteiger partial charge < -0.3 is 4.74 Å². The number of rotatable bonds is 0. The molecule has 1 saturated carbocycles. The van der Waals surface area contributed by atoms with E-state index in [1.54, 1.807) is 0 Å². The Morgan fingerprint density at radius 3 is 1.53 bits per heavy atom. The number of allylic oxidation sites excluding steroid dienone is 2. The van der Waals surface area contributed by atoms with Crippen molar-refractivity contribution in [3.8, 4) is 0 Å². The molecule has 3 rings (SSSR count). The van der Waals surface area contributed by atoms with Crippen LogP contribution in [0.3, 0.4) is 0 Å². The Kier molecular flexibility index (Phi) is 5.53. The fourth-order valence-electron chi connectivity index (χ4n) is 6.46. The van der Waals surface area contributed by atoms with Gasteiger partial charge in [-0.2, -0.15) is 0 Å². The summed E-state index contributed by atoms with van der Waals surface area (Å²) in [6.45, 7) is 25.0. The minimum atomic E-state index is -1.72. The van der Waals surface area contributed by atoms with Gasteiger partial charge in [0.15, 0.2) is 17.0 Å². The molecule has 0 amide bonds. The van der Waals surface area contributed by atoms with E-state index >= 15 is 0 Å². The maximum Gasteiger partial charge on any atom is 0.333 e. The lowest BCUT2D eigenvalue weighted by Crippen LogP contribution is -2.56. The van der Waals surface area contributed by atoms with Crippen molar-refractivity contribution in [2.24, 2.45) is 50.7 Å². The summed E-state index contributed by atoms with van der Waals surface area (Å²) >= 11 is 0. The van der Waals surface area contributed by atoms with E-state index in [0.29, 0.717) is 17.8 Å².